The smallest absolute Gasteiger partial charge is 0.158 e. The number of rotatable bonds is 5. The fourth-order valence-corrected chi connectivity index (χ4v) is 3.13. The Balaban J connectivity index is 1.44. The minimum absolute atomic E-state index is 0.0113. The quantitative estimate of drug-likeness (QED) is 0.904. The van der Waals surface area contributed by atoms with E-state index in [0.717, 1.165) is 44.5 Å². The van der Waals surface area contributed by atoms with E-state index in [9.17, 15) is 5.11 Å². The lowest BCUT2D eigenvalue weighted by Gasteiger charge is -2.26. The summed E-state index contributed by atoms with van der Waals surface area (Å²) in [6.45, 7) is 3.38. The number of benzene rings is 1. The summed E-state index contributed by atoms with van der Waals surface area (Å²) in [5.74, 6) is 0. The second-order valence-corrected chi connectivity index (χ2v) is 6.03. The molecule has 21 heavy (non-hydrogen) atoms. The molecule has 0 aliphatic carbocycles. The average molecular weight is 291 g/mol. The van der Waals surface area contributed by atoms with Crippen LogP contribution < -0.4 is 0 Å². The Bertz CT molecular complexity index is 419. The molecular weight excluding hydrogens is 266 g/mol. The molecule has 1 N–H and O–H groups in total. The topological polar surface area (TPSA) is 41.9 Å². The van der Waals surface area contributed by atoms with Gasteiger partial charge in [-0.1, -0.05) is 30.3 Å². The van der Waals surface area contributed by atoms with Crippen molar-refractivity contribution in [3.8, 4) is 0 Å². The molecule has 0 amide bonds. The number of nitrogens with zero attached hydrogens (tertiary/aromatic N) is 1. The predicted octanol–water partition coefficient (Wildman–Crippen LogP) is 2.34. The van der Waals surface area contributed by atoms with Crippen LogP contribution in [-0.4, -0.2) is 48.6 Å². The van der Waals surface area contributed by atoms with Crippen LogP contribution in [0.3, 0.4) is 0 Å². The maximum absolute atomic E-state index is 10.3. The highest BCUT2D eigenvalue weighted by atomic mass is 16.7. The van der Waals surface area contributed by atoms with E-state index in [2.05, 4.69) is 4.90 Å². The van der Waals surface area contributed by atoms with Gasteiger partial charge in [0.1, 0.15) is 0 Å². The number of likely N-dealkylation sites (tertiary alicyclic amines) is 1. The summed E-state index contributed by atoms with van der Waals surface area (Å²) < 4.78 is 11.7. The van der Waals surface area contributed by atoms with Crippen LogP contribution in [-0.2, 0) is 9.47 Å². The Morgan fingerprint density at radius 2 is 2.10 bits per heavy atom. The minimum atomic E-state index is -0.420. The van der Waals surface area contributed by atoms with Crippen LogP contribution in [0.15, 0.2) is 30.3 Å². The first-order valence-electron chi connectivity index (χ1n) is 8.04. The number of ether oxygens (including phenoxy) is 2. The zero-order chi connectivity index (χ0) is 14.5. The minimum Gasteiger partial charge on any atom is -0.387 e. The van der Waals surface area contributed by atoms with E-state index >= 15 is 0 Å². The van der Waals surface area contributed by atoms with Crippen molar-refractivity contribution in [1.29, 1.82) is 0 Å². The third kappa shape index (κ3) is 4.27. The van der Waals surface area contributed by atoms with E-state index in [1.165, 1.54) is 6.42 Å². The Labute approximate surface area is 126 Å². The van der Waals surface area contributed by atoms with Crippen molar-refractivity contribution in [1.82, 2.24) is 4.90 Å². The Kier molecular flexibility index (Phi) is 5.25. The molecule has 3 rings (SSSR count). The van der Waals surface area contributed by atoms with Gasteiger partial charge in [-0.15, -0.1) is 0 Å². The standard InChI is InChI=1S/C17H25NO3/c19-16(14-6-2-1-3-7-14)13-18-10-9-15(12-18)21-17-8-4-5-11-20-17/h1-3,6-7,15-17,19H,4-5,8-13H2/t15-,16?,17?/m1/s1. The number of aliphatic hydroxyl groups is 1. The molecule has 0 spiro atoms. The molecule has 1 aromatic rings. The molecule has 2 aliphatic rings. The summed E-state index contributed by atoms with van der Waals surface area (Å²) >= 11 is 0. The van der Waals surface area contributed by atoms with Gasteiger partial charge in [0.15, 0.2) is 6.29 Å². The van der Waals surface area contributed by atoms with Crippen molar-refractivity contribution < 1.29 is 14.6 Å². The van der Waals surface area contributed by atoms with Crippen LogP contribution in [0, 0.1) is 0 Å². The molecule has 0 saturated carbocycles. The summed E-state index contributed by atoms with van der Waals surface area (Å²) in [5, 5.41) is 10.3. The van der Waals surface area contributed by atoms with Crippen LogP contribution in [0.25, 0.3) is 0 Å². The highest BCUT2D eigenvalue weighted by molar-refractivity contribution is 5.17. The summed E-state index contributed by atoms with van der Waals surface area (Å²) in [6, 6.07) is 9.86. The molecular formula is C17H25NO3. The second kappa shape index (κ2) is 7.36. The van der Waals surface area contributed by atoms with Gasteiger partial charge in [-0.2, -0.15) is 0 Å². The summed E-state index contributed by atoms with van der Waals surface area (Å²) in [6.07, 6.45) is 4.22. The summed E-state index contributed by atoms with van der Waals surface area (Å²) in [5.41, 5.74) is 0.984. The molecule has 2 saturated heterocycles. The Morgan fingerprint density at radius 1 is 1.24 bits per heavy atom. The van der Waals surface area contributed by atoms with Gasteiger partial charge in [0, 0.05) is 26.2 Å². The lowest BCUT2D eigenvalue weighted by Crippen LogP contribution is -2.31. The van der Waals surface area contributed by atoms with Gasteiger partial charge in [0.2, 0.25) is 0 Å². The van der Waals surface area contributed by atoms with E-state index in [-0.39, 0.29) is 12.4 Å². The molecule has 2 fully saturated rings. The van der Waals surface area contributed by atoms with Crippen molar-refractivity contribution in [2.75, 3.05) is 26.2 Å². The molecule has 116 valence electrons. The zero-order valence-corrected chi connectivity index (χ0v) is 12.5. The van der Waals surface area contributed by atoms with Gasteiger partial charge in [0.25, 0.3) is 0 Å². The van der Waals surface area contributed by atoms with Gasteiger partial charge in [-0.25, -0.2) is 0 Å². The van der Waals surface area contributed by atoms with Crippen molar-refractivity contribution in [2.24, 2.45) is 0 Å². The van der Waals surface area contributed by atoms with Gasteiger partial charge >= 0.3 is 0 Å². The lowest BCUT2D eigenvalue weighted by atomic mass is 10.1. The third-order valence-corrected chi connectivity index (χ3v) is 4.33. The highest BCUT2D eigenvalue weighted by Crippen LogP contribution is 2.22. The van der Waals surface area contributed by atoms with E-state index in [1.54, 1.807) is 0 Å². The molecule has 3 atom stereocenters. The number of hydrogen-bond donors (Lipinski definition) is 1. The largest absolute Gasteiger partial charge is 0.387 e. The number of hydrogen-bond acceptors (Lipinski definition) is 4. The second-order valence-electron chi connectivity index (χ2n) is 6.03. The van der Waals surface area contributed by atoms with Crippen LogP contribution in [0.5, 0.6) is 0 Å². The molecule has 0 bridgehead atoms. The van der Waals surface area contributed by atoms with E-state index in [1.807, 2.05) is 30.3 Å². The van der Waals surface area contributed by atoms with Crippen LogP contribution in [0.2, 0.25) is 0 Å². The predicted molar refractivity (Wildman–Crippen MR) is 80.9 cm³/mol. The SMILES string of the molecule is OC(CN1CC[C@@H](OC2CCCCO2)C1)c1ccccc1. The maximum Gasteiger partial charge on any atom is 0.158 e. The van der Waals surface area contributed by atoms with Gasteiger partial charge in [-0.05, 0) is 31.2 Å². The Hall–Kier alpha value is -0.940. The Morgan fingerprint density at radius 3 is 2.86 bits per heavy atom. The molecule has 0 radical (unpaired) electrons. The van der Waals surface area contributed by atoms with Crippen LogP contribution in [0.1, 0.15) is 37.4 Å². The van der Waals surface area contributed by atoms with Crippen molar-refractivity contribution in [2.45, 2.75) is 44.2 Å². The first kappa shape index (κ1) is 15.0. The maximum atomic E-state index is 10.3. The fraction of sp³-hybridized carbons (Fsp3) is 0.647. The first-order chi connectivity index (χ1) is 10.3. The lowest BCUT2D eigenvalue weighted by molar-refractivity contribution is -0.185. The first-order valence-corrected chi connectivity index (χ1v) is 8.04. The molecule has 4 nitrogen and oxygen atoms in total. The van der Waals surface area contributed by atoms with Crippen molar-refractivity contribution >= 4 is 0 Å². The normalized spacial score (nSPS) is 28.6. The molecule has 0 aromatic heterocycles. The monoisotopic (exact) mass is 291 g/mol. The van der Waals surface area contributed by atoms with E-state index in [0.29, 0.717) is 6.54 Å². The number of aliphatic hydroxyl groups excluding tert-OH is 1. The zero-order valence-electron chi connectivity index (χ0n) is 12.5. The average Bonchev–Trinajstić information content (AvgIpc) is 2.96. The van der Waals surface area contributed by atoms with Crippen LogP contribution in [0.4, 0.5) is 0 Å². The van der Waals surface area contributed by atoms with Gasteiger partial charge in [-0.3, -0.25) is 4.90 Å². The van der Waals surface area contributed by atoms with Gasteiger partial charge in [0.05, 0.1) is 12.2 Å². The molecule has 2 heterocycles. The molecule has 2 unspecified atom stereocenters. The van der Waals surface area contributed by atoms with Crippen molar-refractivity contribution in [3.05, 3.63) is 35.9 Å². The molecule has 4 heteroatoms. The third-order valence-electron chi connectivity index (χ3n) is 4.33. The van der Waals surface area contributed by atoms with Crippen LogP contribution >= 0.6 is 0 Å². The van der Waals surface area contributed by atoms with Gasteiger partial charge < -0.3 is 14.6 Å². The highest BCUT2D eigenvalue weighted by Gasteiger charge is 2.28. The summed E-state index contributed by atoms with van der Waals surface area (Å²) in [4.78, 5) is 2.28. The fourth-order valence-electron chi connectivity index (χ4n) is 3.13. The molecule has 1 aromatic carbocycles. The summed E-state index contributed by atoms with van der Waals surface area (Å²) in [7, 11) is 0. The van der Waals surface area contributed by atoms with Crippen molar-refractivity contribution in [3.63, 3.8) is 0 Å². The van der Waals surface area contributed by atoms with E-state index < -0.39 is 6.10 Å². The van der Waals surface area contributed by atoms with E-state index in [4.69, 9.17) is 9.47 Å². The molecule has 2 aliphatic heterocycles. The number of β-amino-alcohol motifs (C(OH)–C–C–N with tert-alkyl or cyclic N) is 1.